The van der Waals surface area contributed by atoms with Gasteiger partial charge in [0.2, 0.25) is 6.29 Å². The van der Waals surface area contributed by atoms with Crippen molar-refractivity contribution in [3.05, 3.63) is 29.8 Å². The van der Waals surface area contributed by atoms with Gasteiger partial charge in [0.15, 0.2) is 6.61 Å². The Hall–Kier alpha value is -1.84. The van der Waals surface area contributed by atoms with E-state index in [1.54, 1.807) is 12.1 Å². The topological polar surface area (TPSA) is 63.6 Å². The van der Waals surface area contributed by atoms with Crippen LogP contribution in [0, 0.1) is 0 Å². The Morgan fingerprint density at radius 1 is 1.46 bits per heavy atom. The zero-order valence-corrected chi connectivity index (χ0v) is 6.69. The molecular formula is C9H7O4. The van der Waals surface area contributed by atoms with Crippen molar-refractivity contribution < 1.29 is 19.4 Å². The molecule has 0 unspecified atom stereocenters. The lowest BCUT2D eigenvalue weighted by atomic mass is 10.2. The maximum absolute atomic E-state index is 10.6. The lowest BCUT2D eigenvalue weighted by molar-refractivity contribution is 0.0693. The average molecular weight is 179 g/mol. The predicted molar refractivity (Wildman–Crippen MR) is 44.6 cm³/mol. The van der Waals surface area contributed by atoms with Crippen molar-refractivity contribution >= 4 is 12.3 Å². The molecule has 0 aliphatic rings. The summed E-state index contributed by atoms with van der Waals surface area (Å²) in [7, 11) is 0. The van der Waals surface area contributed by atoms with E-state index in [9.17, 15) is 9.59 Å². The van der Waals surface area contributed by atoms with E-state index < -0.39 is 5.97 Å². The van der Waals surface area contributed by atoms with Crippen molar-refractivity contribution in [2.75, 3.05) is 6.61 Å². The van der Waals surface area contributed by atoms with E-state index in [1.165, 1.54) is 18.4 Å². The van der Waals surface area contributed by atoms with Crippen LogP contribution in [0.15, 0.2) is 24.3 Å². The van der Waals surface area contributed by atoms with E-state index in [-0.39, 0.29) is 17.9 Å². The van der Waals surface area contributed by atoms with E-state index in [0.29, 0.717) is 0 Å². The van der Waals surface area contributed by atoms with Gasteiger partial charge >= 0.3 is 5.97 Å². The second-order valence-electron chi connectivity index (χ2n) is 2.23. The van der Waals surface area contributed by atoms with Gasteiger partial charge < -0.3 is 9.84 Å². The number of ether oxygens (including phenoxy) is 1. The minimum absolute atomic E-state index is 0.0396. The third-order valence-corrected chi connectivity index (χ3v) is 1.40. The zero-order chi connectivity index (χ0) is 9.68. The molecule has 0 aromatic heterocycles. The molecule has 4 heteroatoms. The number of benzene rings is 1. The largest absolute Gasteiger partial charge is 0.484 e. The second-order valence-corrected chi connectivity index (χ2v) is 2.23. The summed E-state index contributed by atoms with van der Waals surface area (Å²) in [5.41, 5.74) is 0.0396. The van der Waals surface area contributed by atoms with Gasteiger partial charge in [-0.2, -0.15) is 0 Å². The Balaban J connectivity index is 2.90. The first-order valence-electron chi connectivity index (χ1n) is 3.56. The van der Waals surface area contributed by atoms with Crippen LogP contribution in [-0.2, 0) is 4.79 Å². The molecule has 0 spiro atoms. The van der Waals surface area contributed by atoms with Gasteiger partial charge in [-0.15, -0.1) is 0 Å². The molecule has 0 aliphatic carbocycles. The third kappa shape index (κ3) is 2.30. The standard InChI is InChI=1S/C9H7O4/c10-5-6-13-8-4-2-1-3-7(8)9(11)12/h1-4H,6H2,(H,11,12). The molecule has 1 aromatic carbocycles. The fourth-order valence-electron chi connectivity index (χ4n) is 0.876. The molecule has 0 amide bonds. The smallest absolute Gasteiger partial charge is 0.339 e. The molecule has 4 nitrogen and oxygen atoms in total. The average Bonchev–Trinajstić information content (AvgIpc) is 2.15. The lowest BCUT2D eigenvalue weighted by Crippen LogP contribution is -2.04. The lowest BCUT2D eigenvalue weighted by Gasteiger charge is -2.04. The van der Waals surface area contributed by atoms with Crippen LogP contribution in [0.2, 0.25) is 0 Å². The number of rotatable bonds is 4. The van der Waals surface area contributed by atoms with Crippen LogP contribution in [0.3, 0.4) is 0 Å². The molecule has 1 N–H and O–H groups in total. The van der Waals surface area contributed by atoms with Gasteiger partial charge in [0, 0.05) is 0 Å². The zero-order valence-electron chi connectivity index (χ0n) is 6.69. The highest BCUT2D eigenvalue weighted by Gasteiger charge is 2.09. The monoisotopic (exact) mass is 179 g/mol. The van der Waals surface area contributed by atoms with Crippen LogP contribution < -0.4 is 4.74 Å². The molecule has 0 fully saturated rings. The quantitative estimate of drug-likeness (QED) is 0.744. The second kappa shape index (κ2) is 4.25. The minimum atomic E-state index is -1.08. The molecule has 1 aromatic rings. The molecule has 67 valence electrons. The van der Waals surface area contributed by atoms with Crippen LogP contribution in [0.5, 0.6) is 5.75 Å². The number of hydrogen-bond donors (Lipinski definition) is 1. The molecule has 0 heterocycles. The molecule has 0 aliphatic heterocycles. The maximum Gasteiger partial charge on any atom is 0.339 e. The van der Waals surface area contributed by atoms with Crippen LogP contribution >= 0.6 is 0 Å². The summed E-state index contributed by atoms with van der Waals surface area (Å²) in [6.45, 7) is -0.260. The van der Waals surface area contributed by atoms with Crippen LogP contribution in [0.4, 0.5) is 0 Å². The van der Waals surface area contributed by atoms with Crippen molar-refractivity contribution in [1.82, 2.24) is 0 Å². The maximum atomic E-state index is 10.6. The number of carboxylic acids is 1. The first-order chi connectivity index (χ1) is 6.25. The number of aromatic carboxylic acids is 1. The first kappa shape index (κ1) is 9.25. The van der Waals surface area contributed by atoms with Gasteiger partial charge in [0.25, 0.3) is 0 Å². The molecule has 13 heavy (non-hydrogen) atoms. The number of hydrogen-bond acceptors (Lipinski definition) is 3. The van der Waals surface area contributed by atoms with Gasteiger partial charge in [-0.05, 0) is 12.1 Å². The van der Waals surface area contributed by atoms with Crippen molar-refractivity contribution in [2.45, 2.75) is 0 Å². The third-order valence-electron chi connectivity index (χ3n) is 1.40. The van der Waals surface area contributed by atoms with Crippen LogP contribution in [0.25, 0.3) is 0 Å². The normalized spacial score (nSPS) is 9.23. The van der Waals surface area contributed by atoms with E-state index in [0.717, 1.165) is 0 Å². The molecule has 1 rings (SSSR count). The predicted octanol–water partition coefficient (Wildman–Crippen LogP) is 0.873. The number of carbonyl (C=O) groups is 1. The Labute approximate surface area is 74.8 Å². The fourth-order valence-corrected chi connectivity index (χ4v) is 0.876. The number of carboxylic acid groups (broad SMARTS) is 1. The minimum Gasteiger partial charge on any atom is -0.484 e. The molecule has 0 atom stereocenters. The molecular weight excluding hydrogens is 172 g/mol. The summed E-state index contributed by atoms with van der Waals surface area (Å²) >= 11 is 0. The van der Waals surface area contributed by atoms with Gasteiger partial charge in [-0.3, -0.25) is 4.79 Å². The number of para-hydroxylation sites is 1. The SMILES string of the molecule is O=[C]COc1ccccc1C(=O)O. The Bertz CT molecular complexity index is 319. The number of carbonyl (C=O) groups excluding carboxylic acids is 1. The van der Waals surface area contributed by atoms with Crippen molar-refractivity contribution in [3.63, 3.8) is 0 Å². The van der Waals surface area contributed by atoms with E-state index in [2.05, 4.69) is 0 Å². The Morgan fingerprint density at radius 2 is 2.15 bits per heavy atom. The molecule has 1 radical (unpaired) electrons. The summed E-state index contributed by atoms with van der Waals surface area (Å²) in [6, 6.07) is 6.11. The van der Waals surface area contributed by atoms with E-state index in [4.69, 9.17) is 9.84 Å². The summed E-state index contributed by atoms with van der Waals surface area (Å²) in [4.78, 5) is 20.5. The van der Waals surface area contributed by atoms with Gasteiger partial charge in [0.1, 0.15) is 11.3 Å². The van der Waals surface area contributed by atoms with Crippen LogP contribution in [0.1, 0.15) is 10.4 Å². The van der Waals surface area contributed by atoms with Crippen LogP contribution in [-0.4, -0.2) is 24.0 Å². The highest BCUT2D eigenvalue weighted by molar-refractivity contribution is 5.90. The van der Waals surface area contributed by atoms with Gasteiger partial charge in [0.05, 0.1) is 0 Å². The van der Waals surface area contributed by atoms with Crippen molar-refractivity contribution in [3.8, 4) is 5.75 Å². The summed E-state index contributed by atoms with van der Waals surface area (Å²) in [5.74, 6) is -0.903. The van der Waals surface area contributed by atoms with E-state index in [1.807, 2.05) is 0 Å². The Kier molecular flexibility index (Phi) is 3.03. The van der Waals surface area contributed by atoms with E-state index >= 15 is 0 Å². The highest BCUT2D eigenvalue weighted by atomic mass is 16.5. The summed E-state index contributed by atoms with van der Waals surface area (Å²) < 4.78 is 4.84. The van der Waals surface area contributed by atoms with Crippen molar-refractivity contribution in [1.29, 1.82) is 0 Å². The Morgan fingerprint density at radius 3 is 2.77 bits per heavy atom. The molecule has 0 saturated carbocycles. The van der Waals surface area contributed by atoms with Gasteiger partial charge in [-0.25, -0.2) is 4.79 Å². The van der Waals surface area contributed by atoms with Crippen molar-refractivity contribution in [2.24, 2.45) is 0 Å². The summed E-state index contributed by atoms with van der Waals surface area (Å²) in [6.07, 6.45) is 1.52. The summed E-state index contributed by atoms with van der Waals surface area (Å²) in [5, 5.41) is 8.69. The molecule has 0 bridgehead atoms. The first-order valence-corrected chi connectivity index (χ1v) is 3.56. The fraction of sp³-hybridized carbons (Fsp3) is 0.111. The molecule has 0 saturated heterocycles. The van der Waals surface area contributed by atoms with Gasteiger partial charge in [-0.1, -0.05) is 12.1 Å². The highest BCUT2D eigenvalue weighted by Crippen LogP contribution is 2.17.